The number of rotatable bonds is 28. The number of anilines is 5. The number of amides is 2. The van der Waals surface area contributed by atoms with Gasteiger partial charge in [0.25, 0.3) is 11.5 Å². The van der Waals surface area contributed by atoms with E-state index in [0.29, 0.717) is 125 Å². The van der Waals surface area contributed by atoms with Gasteiger partial charge in [-0.1, -0.05) is 12.8 Å². The Morgan fingerprint density at radius 3 is 2.03 bits per heavy atom. The SMILES string of the molecule is CC(=O)c1c(C)c2cnc(Nc3ccc(N4CCN(CC(=O)NCCOCCOCCOCCOCCOCCNc5ccc(C(=O)Nc6ncc(C)s6)c(C)c5)CC4)cn3)nc2n(C2CCCC2)c1=O. The lowest BCUT2D eigenvalue weighted by molar-refractivity contribution is -0.122. The van der Waals surface area contributed by atoms with Gasteiger partial charge in [0.05, 0.1) is 90.1 Å². The van der Waals surface area contributed by atoms with E-state index in [2.05, 4.69) is 46.0 Å². The Kier molecular flexibility index (Phi) is 20.1. The summed E-state index contributed by atoms with van der Waals surface area (Å²) in [7, 11) is 0. The largest absolute Gasteiger partial charge is 0.383 e. The highest BCUT2D eigenvalue weighted by Gasteiger charge is 2.26. The molecule has 1 aromatic carbocycles. The third-order valence-corrected chi connectivity index (χ3v) is 13.1. The highest BCUT2D eigenvalue weighted by Crippen LogP contribution is 2.32. The van der Waals surface area contributed by atoms with Gasteiger partial charge in [0.2, 0.25) is 11.9 Å². The van der Waals surface area contributed by atoms with Crippen molar-refractivity contribution < 1.29 is 38.1 Å². The molecule has 0 atom stereocenters. The van der Waals surface area contributed by atoms with Gasteiger partial charge in [-0.2, -0.15) is 4.98 Å². The van der Waals surface area contributed by atoms with Crippen LogP contribution < -0.4 is 31.7 Å². The van der Waals surface area contributed by atoms with Crippen LogP contribution in [-0.4, -0.2) is 159 Å². The highest BCUT2D eigenvalue weighted by molar-refractivity contribution is 7.15. The first kappa shape index (κ1) is 52.9. The summed E-state index contributed by atoms with van der Waals surface area (Å²) in [5, 5.41) is 13.6. The fraction of sp³-hybridized carbons (Fsp3) is 0.520. The Hall–Kier alpha value is -5.94. The van der Waals surface area contributed by atoms with Gasteiger partial charge in [0.15, 0.2) is 10.9 Å². The van der Waals surface area contributed by atoms with Gasteiger partial charge in [-0.15, -0.1) is 11.3 Å². The van der Waals surface area contributed by atoms with Crippen molar-refractivity contribution in [2.45, 2.75) is 59.4 Å². The van der Waals surface area contributed by atoms with Crippen molar-refractivity contribution in [1.29, 1.82) is 0 Å². The quantitative estimate of drug-likeness (QED) is 0.0368. The summed E-state index contributed by atoms with van der Waals surface area (Å²) in [5.41, 5.74) is 4.43. The molecule has 1 saturated heterocycles. The number of hydrogen-bond donors (Lipinski definition) is 4. The van der Waals surface area contributed by atoms with Gasteiger partial charge < -0.3 is 44.5 Å². The normalized spacial score (nSPS) is 14.3. The van der Waals surface area contributed by atoms with Crippen LogP contribution in [0.1, 0.15) is 75.4 Å². The molecular weight excluding hydrogens is 931 g/mol. The number of aryl methyl sites for hydroxylation is 3. The zero-order valence-corrected chi connectivity index (χ0v) is 42.1. The van der Waals surface area contributed by atoms with Crippen molar-refractivity contribution in [2.24, 2.45) is 0 Å². The van der Waals surface area contributed by atoms with E-state index in [4.69, 9.17) is 28.7 Å². The first-order valence-corrected chi connectivity index (χ1v) is 25.2. The molecule has 2 aliphatic rings. The van der Waals surface area contributed by atoms with E-state index < -0.39 is 0 Å². The van der Waals surface area contributed by atoms with Gasteiger partial charge >= 0.3 is 0 Å². The van der Waals surface area contributed by atoms with E-state index in [1.807, 2.05) is 50.4 Å². The summed E-state index contributed by atoms with van der Waals surface area (Å²) in [5.74, 6) is 0.432. The second-order valence-electron chi connectivity index (χ2n) is 17.5. The number of Topliss-reactive ketones (excluding diaryl/α,β-unsaturated/α-hetero) is 1. The summed E-state index contributed by atoms with van der Waals surface area (Å²) in [6, 6.07) is 9.50. The van der Waals surface area contributed by atoms with Crippen LogP contribution in [0.3, 0.4) is 0 Å². The highest BCUT2D eigenvalue weighted by atomic mass is 32.1. The molecular formula is C50H67N11O9S. The second kappa shape index (κ2) is 27.0. The van der Waals surface area contributed by atoms with Crippen LogP contribution >= 0.6 is 11.3 Å². The fourth-order valence-corrected chi connectivity index (χ4v) is 9.27. The molecule has 0 bridgehead atoms. The zero-order valence-electron chi connectivity index (χ0n) is 41.3. The van der Waals surface area contributed by atoms with E-state index in [9.17, 15) is 19.2 Å². The van der Waals surface area contributed by atoms with Crippen LogP contribution in [0.2, 0.25) is 0 Å². The van der Waals surface area contributed by atoms with Crippen LogP contribution in [0.25, 0.3) is 11.0 Å². The molecule has 0 spiro atoms. The number of ether oxygens (including phenoxy) is 5. The second-order valence-corrected chi connectivity index (χ2v) is 18.7. The number of carbonyl (C=O) groups excluding carboxylic acids is 3. The maximum Gasteiger partial charge on any atom is 0.263 e. The molecule has 5 aromatic rings. The zero-order chi connectivity index (χ0) is 50.0. The maximum absolute atomic E-state index is 13.6. The Bertz CT molecular complexity index is 2600. The predicted octanol–water partition coefficient (Wildman–Crippen LogP) is 5.32. The Balaban J connectivity index is 0.661. The van der Waals surface area contributed by atoms with Crippen molar-refractivity contribution in [3.63, 3.8) is 0 Å². The Morgan fingerprint density at radius 1 is 0.761 bits per heavy atom. The number of benzene rings is 1. The maximum atomic E-state index is 13.6. The Labute approximate surface area is 418 Å². The average Bonchev–Trinajstić information content (AvgIpc) is 4.04. The van der Waals surface area contributed by atoms with Crippen molar-refractivity contribution in [3.8, 4) is 0 Å². The molecule has 1 aliphatic carbocycles. The first-order chi connectivity index (χ1) is 34.5. The number of thiazole rings is 1. The molecule has 5 heterocycles. The van der Waals surface area contributed by atoms with Crippen LogP contribution in [0.4, 0.5) is 28.3 Å². The van der Waals surface area contributed by atoms with E-state index in [1.54, 1.807) is 23.9 Å². The molecule has 1 saturated carbocycles. The minimum absolute atomic E-state index is 0.000308. The average molecular weight is 998 g/mol. The van der Waals surface area contributed by atoms with Crippen LogP contribution in [0.15, 0.2) is 53.7 Å². The third kappa shape index (κ3) is 15.5. The molecule has 2 fully saturated rings. The molecule has 4 aromatic heterocycles. The summed E-state index contributed by atoms with van der Waals surface area (Å²) in [4.78, 5) is 74.8. The molecule has 21 heteroatoms. The molecule has 20 nitrogen and oxygen atoms in total. The van der Waals surface area contributed by atoms with Crippen molar-refractivity contribution in [3.05, 3.63) is 86.4 Å². The molecule has 7 rings (SSSR count). The molecule has 0 radical (unpaired) electrons. The topological polar surface area (TPSA) is 226 Å². The van der Waals surface area contributed by atoms with E-state index >= 15 is 0 Å². The van der Waals surface area contributed by atoms with Crippen LogP contribution in [-0.2, 0) is 28.5 Å². The molecule has 0 unspecified atom stereocenters. The molecule has 4 N–H and O–H groups in total. The van der Waals surface area contributed by atoms with Gasteiger partial charge in [-0.3, -0.25) is 34.0 Å². The first-order valence-electron chi connectivity index (χ1n) is 24.4. The lowest BCUT2D eigenvalue weighted by Gasteiger charge is -2.35. The van der Waals surface area contributed by atoms with Gasteiger partial charge in [-0.05, 0) is 82.0 Å². The van der Waals surface area contributed by atoms with Gasteiger partial charge in [0, 0.05) is 79.2 Å². The number of piperazine rings is 1. The minimum atomic E-state index is -0.283. The van der Waals surface area contributed by atoms with E-state index in [0.717, 1.165) is 73.7 Å². The van der Waals surface area contributed by atoms with E-state index in [1.165, 1.54) is 18.3 Å². The van der Waals surface area contributed by atoms with Crippen molar-refractivity contribution in [2.75, 3.05) is 133 Å². The van der Waals surface area contributed by atoms with Crippen molar-refractivity contribution in [1.82, 2.24) is 34.7 Å². The monoisotopic (exact) mass is 997 g/mol. The van der Waals surface area contributed by atoms with E-state index in [-0.39, 0.29) is 34.8 Å². The predicted molar refractivity (Wildman–Crippen MR) is 274 cm³/mol. The number of ketones is 1. The van der Waals surface area contributed by atoms with Crippen LogP contribution in [0, 0.1) is 20.8 Å². The summed E-state index contributed by atoms with van der Waals surface area (Å²) < 4.78 is 29.7. The lowest BCUT2D eigenvalue weighted by atomic mass is 10.0. The fourth-order valence-electron chi connectivity index (χ4n) is 8.61. The third-order valence-electron chi connectivity index (χ3n) is 12.3. The number of hydrogen-bond acceptors (Lipinski definition) is 18. The summed E-state index contributed by atoms with van der Waals surface area (Å²) in [6.45, 7) is 16.0. The number of pyridine rings is 2. The molecule has 1 aliphatic heterocycles. The number of fused-ring (bicyclic) bond motifs is 1. The molecule has 382 valence electrons. The number of aromatic nitrogens is 5. The minimum Gasteiger partial charge on any atom is -0.383 e. The smallest absolute Gasteiger partial charge is 0.263 e. The standard InChI is InChI=1S/C50H67N11O9S/c1-34-29-38(9-11-41(34)47(64)58-50-55-30-35(2)71-50)51-13-19-66-21-23-68-25-27-70-28-26-69-24-22-67-20-14-52-44(63)33-59-15-17-60(18-16-59)40-10-12-43(53-31-40)56-49-54-32-42-36(3)45(37(4)62)48(65)61(46(42)57-49)39-7-5-6-8-39/h9-12,29-32,39,51H,5-8,13-28,33H2,1-4H3,(H,52,63)(H,55,58,64)(H,53,54,56,57). The number of carbonyl (C=O) groups is 3. The summed E-state index contributed by atoms with van der Waals surface area (Å²) >= 11 is 1.44. The van der Waals surface area contributed by atoms with Crippen molar-refractivity contribution >= 4 is 68.2 Å². The number of nitrogens with zero attached hydrogens (tertiary/aromatic N) is 7. The molecule has 2 amide bonds. The van der Waals surface area contributed by atoms with Gasteiger partial charge in [-0.25, -0.2) is 15.0 Å². The Morgan fingerprint density at radius 2 is 1.42 bits per heavy atom. The van der Waals surface area contributed by atoms with Gasteiger partial charge in [0.1, 0.15) is 11.5 Å². The summed E-state index contributed by atoms with van der Waals surface area (Å²) in [6.07, 6.45) is 9.04. The number of nitrogens with one attached hydrogen (secondary N) is 4. The lowest BCUT2D eigenvalue weighted by Crippen LogP contribution is -2.49. The van der Waals surface area contributed by atoms with Crippen LogP contribution in [0.5, 0.6) is 0 Å². The molecule has 71 heavy (non-hydrogen) atoms.